The highest BCUT2D eigenvalue weighted by Crippen LogP contribution is 2.34. The van der Waals surface area contributed by atoms with E-state index in [-0.39, 0.29) is 25.4 Å². The topological polar surface area (TPSA) is 63.6 Å². The average Bonchev–Trinajstić information content (AvgIpc) is 2.47. The summed E-state index contributed by atoms with van der Waals surface area (Å²) in [6, 6.07) is 9.23. The summed E-state index contributed by atoms with van der Waals surface area (Å²) >= 11 is 0. The van der Waals surface area contributed by atoms with E-state index < -0.39 is 17.4 Å². The van der Waals surface area contributed by atoms with Gasteiger partial charge in [-0.05, 0) is 31.2 Å². The fourth-order valence-electron chi connectivity index (χ4n) is 2.43. The van der Waals surface area contributed by atoms with Gasteiger partial charge in [-0.25, -0.2) is 0 Å². The van der Waals surface area contributed by atoms with E-state index in [9.17, 15) is 14.7 Å². The smallest absolute Gasteiger partial charge is 0.323 e. The van der Waals surface area contributed by atoms with Crippen LogP contribution in [0.1, 0.15) is 39.2 Å². The number of carboxylic acid groups (broad SMARTS) is 1. The number of hydrogen-bond donors (Lipinski definition) is 1. The second-order valence-corrected chi connectivity index (χ2v) is 5.49. The molecule has 116 valence electrons. The van der Waals surface area contributed by atoms with Crippen LogP contribution in [0.25, 0.3) is 0 Å². The lowest BCUT2D eigenvalue weighted by Gasteiger charge is -2.29. The predicted octanol–water partition coefficient (Wildman–Crippen LogP) is 3.30. The minimum atomic E-state index is -1.51. The first-order valence-corrected chi connectivity index (χ1v) is 7.40. The van der Waals surface area contributed by atoms with Crippen LogP contribution in [-0.2, 0) is 20.7 Å². The molecule has 2 unspecified atom stereocenters. The summed E-state index contributed by atoms with van der Waals surface area (Å²) in [6.45, 7) is 5.83. The van der Waals surface area contributed by atoms with Gasteiger partial charge in [0.1, 0.15) is 0 Å². The molecule has 0 aliphatic heterocycles. The van der Waals surface area contributed by atoms with E-state index in [2.05, 4.69) is 0 Å². The molecule has 0 amide bonds. The molecule has 0 aliphatic rings. The highest BCUT2D eigenvalue weighted by Gasteiger charge is 2.48. The molecule has 4 nitrogen and oxygen atoms in total. The Hall–Kier alpha value is -1.84. The Morgan fingerprint density at radius 3 is 2.33 bits per heavy atom. The van der Waals surface area contributed by atoms with Gasteiger partial charge in [-0.15, -0.1) is 0 Å². The highest BCUT2D eigenvalue weighted by atomic mass is 16.5. The first-order chi connectivity index (χ1) is 9.96. The molecule has 1 aromatic carbocycles. The molecule has 0 saturated carbocycles. The second-order valence-electron chi connectivity index (χ2n) is 5.49. The first-order valence-electron chi connectivity index (χ1n) is 7.40. The lowest BCUT2D eigenvalue weighted by Crippen LogP contribution is -2.44. The van der Waals surface area contributed by atoms with Crippen molar-refractivity contribution in [3.8, 4) is 0 Å². The zero-order valence-corrected chi connectivity index (χ0v) is 13.0. The molecule has 21 heavy (non-hydrogen) atoms. The van der Waals surface area contributed by atoms with Gasteiger partial charge >= 0.3 is 11.9 Å². The second kappa shape index (κ2) is 7.81. The van der Waals surface area contributed by atoms with Crippen LogP contribution in [0.5, 0.6) is 0 Å². The van der Waals surface area contributed by atoms with Crippen LogP contribution in [0.3, 0.4) is 0 Å². The number of rotatable bonds is 8. The molecular formula is C17H24O4. The van der Waals surface area contributed by atoms with Crippen molar-refractivity contribution in [2.45, 2.75) is 40.0 Å². The number of carbonyl (C=O) groups is 2. The number of benzene rings is 1. The fraction of sp³-hybridized carbons (Fsp3) is 0.529. The third-order valence-corrected chi connectivity index (χ3v) is 3.82. The Morgan fingerprint density at radius 2 is 1.86 bits per heavy atom. The van der Waals surface area contributed by atoms with E-state index in [0.717, 1.165) is 12.0 Å². The van der Waals surface area contributed by atoms with Crippen LogP contribution in [0, 0.1) is 11.3 Å². The van der Waals surface area contributed by atoms with Crippen molar-refractivity contribution in [3.05, 3.63) is 35.9 Å². The zero-order valence-electron chi connectivity index (χ0n) is 13.0. The van der Waals surface area contributed by atoms with Gasteiger partial charge in [-0.1, -0.05) is 50.6 Å². The van der Waals surface area contributed by atoms with Crippen molar-refractivity contribution >= 4 is 11.9 Å². The summed E-state index contributed by atoms with van der Waals surface area (Å²) in [4.78, 5) is 24.3. The van der Waals surface area contributed by atoms with Crippen LogP contribution in [-0.4, -0.2) is 23.7 Å². The van der Waals surface area contributed by atoms with Gasteiger partial charge in [0.2, 0.25) is 0 Å². The molecule has 1 rings (SSSR count). The number of carbonyl (C=O) groups excluding carboxylic acids is 1. The summed E-state index contributed by atoms with van der Waals surface area (Å²) in [5.41, 5.74) is -0.677. The Morgan fingerprint density at radius 1 is 1.24 bits per heavy atom. The SMILES string of the molecule is CCOC(=O)C(Cc1ccccc1)(CC(C)CC)C(=O)O. The van der Waals surface area contributed by atoms with E-state index in [1.807, 2.05) is 44.2 Å². The van der Waals surface area contributed by atoms with Crippen LogP contribution >= 0.6 is 0 Å². The molecule has 1 aromatic rings. The molecule has 2 atom stereocenters. The van der Waals surface area contributed by atoms with Crippen LogP contribution in [0.2, 0.25) is 0 Å². The van der Waals surface area contributed by atoms with Gasteiger partial charge < -0.3 is 9.84 Å². The van der Waals surface area contributed by atoms with E-state index in [1.54, 1.807) is 6.92 Å². The quantitative estimate of drug-likeness (QED) is 0.590. The molecule has 0 aromatic heterocycles. The molecule has 0 radical (unpaired) electrons. The maximum Gasteiger partial charge on any atom is 0.323 e. The summed E-state index contributed by atoms with van der Waals surface area (Å²) < 4.78 is 5.07. The monoisotopic (exact) mass is 292 g/mol. The Labute approximate surface area is 126 Å². The fourth-order valence-corrected chi connectivity index (χ4v) is 2.43. The van der Waals surface area contributed by atoms with Gasteiger partial charge in [0.05, 0.1) is 6.61 Å². The number of esters is 1. The third kappa shape index (κ3) is 4.31. The van der Waals surface area contributed by atoms with Crippen molar-refractivity contribution in [3.63, 3.8) is 0 Å². The van der Waals surface area contributed by atoms with Crippen molar-refractivity contribution < 1.29 is 19.4 Å². The molecule has 0 aliphatic carbocycles. The average molecular weight is 292 g/mol. The minimum absolute atomic E-state index is 0.134. The standard InChI is InChI=1S/C17H24O4/c1-4-13(3)11-17(15(18)19,16(20)21-5-2)12-14-9-7-6-8-10-14/h6-10,13H,4-5,11-12H2,1-3H3,(H,18,19). The molecule has 0 bridgehead atoms. The molecule has 0 saturated heterocycles. The van der Waals surface area contributed by atoms with Crippen molar-refractivity contribution in [2.24, 2.45) is 11.3 Å². The van der Waals surface area contributed by atoms with Crippen molar-refractivity contribution in [1.82, 2.24) is 0 Å². The number of hydrogen-bond acceptors (Lipinski definition) is 3. The molecule has 4 heteroatoms. The van der Waals surface area contributed by atoms with Gasteiger partial charge in [0.15, 0.2) is 5.41 Å². The summed E-state index contributed by atoms with van der Waals surface area (Å²) in [5, 5.41) is 9.73. The third-order valence-electron chi connectivity index (χ3n) is 3.82. The van der Waals surface area contributed by atoms with E-state index >= 15 is 0 Å². The van der Waals surface area contributed by atoms with Gasteiger partial charge in [-0.3, -0.25) is 9.59 Å². The number of carboxylic acids is 1. The maximum atomic E-state index is 12.4. The summed E-state index contributed by atoms with van der Waals surface area (Å²) in [5.74, 6) is -1.61. The molecule has 1 N–H and O–H groups in total. The predicted molar refractivity (Wildman–Crippen MR) is 80.9 cm³/mol. The zero-order chi connectivity index (χ0) is 15.9. The van der Waals surface area contributed by atoms with Gasteiger partial charge in [0, 0.05) is 0 Å². The van der Waals surface area contributed by atoms with Gasteiger partial charge in [-0.2, -0.15) is 0 Å². The Kier molecular flexibility index (Phi) is 6.40. The Balaban J connectivity index is 3.16. The van der Waals surface area contributed by atoms with Crippen LogP contribution in [0.15, 0.2) is 30.3 Å². The summed E-state index contributed by atoms with van der Waals surface area (Å²) in [7, 11) is 0. The lowest BCUT2D eigenvalue weighted by molar-refractivity contribution is -0.170. The van der Waals surface area contributed by atoms with Crippen molar-refractivity contribution in [1.29, 1.82) is 0 Å². The van der Waals surface area contributed by atoms with Crippen LogP contribution < -0.4 is 0 Å². The van der Waals surface area contributed by atoms with Crippen molar-refractivity contribution in [2.75, 3.05) is 6.61 Å². The van der Waals surface area contributed by atoms with E-state index in [4.69, 9.17) is 4.74 Å². The molecular weight excluding hydrogens is 268 g/mol. The maximum absolute atomic E-state index is 12.4. The Bertz CT molecular complexity index is 469. The van der Waals surface area contributed by atoms with E-state index in [1.165, 1.54) is 0 Å². The largest absolute Gasteiger partial charge is 0.480 e. The minimum Gasteiger partial charge on any atom is -0.480 e. The first kappa shape index (κ1) is 17.2. The normalized spacial score (nSPS) is 15.0. The molecule has 0 fully saturated rings. The lowest BCUT2D eigenvalue weighted by atomic mass is 9.74. The van der Waals surface area contributed by atoms with Crippen LogP contribution in [0.4, 0.5) is 0 Å². The van der Waals surface area contributed by atoms with E-state index in [0.29, 0.717) is 0 Å². The highest BCUT2D eigenvalue weighted by molar-refractivity contribution is 5.99. The number of ether oxygens (including phenoxy) is 1. The van der Waals surface area contributed by atoms with Gasteiger partial charge in [0.25, 0.3) is 0 Å². The number of aliphatic carboxylic acids is 1. The summed E-state index contributed by atoms with van der Waals surface area (Å²) in [6.07, 6.45) is 1.27. The molecule has 0 heterocycles. The molecule has 0 spiro atoms.